The monoisotopic (exact) mass is 686 g/mol. The molecule has 0 amide bonds. The van der Waals surface area contributed by atoms with Crippen LogP contribution in [0.5, 0.6) is 5.75 Å². The fourth-order valence-electron chi connectivity index (χ4n) is 8.52. The van der Waals surface area contributed by atoms with Crippen molar-refractivity contribution < 1.29 is 27.1 Å². The zero-order valence-corrected chi connectivity index (χ0v) is 27.1. The van der Waals surface area contributed by atoms with Crippen LogP contribution in [0, 0.1) is 5.82 Å². The number of aromatic nitrogens is 3. The van der Waals surface area contributed by atoms with Crippen molar-refractivity contribution in [2.24, 2.45) is 0 Å². The van der Waals surface area contributed by atoms with Crippen molar-refractivity contribution in [3.05, 3.63) is 57.8 Å². The van der Waals surface area contributed by atoms with E-state index in [1.807, 2.05) is 4.90 Å². The van der Waals surface area contributed by atoms with Crippen LogP contribution in [-0.4, -0.2) is 80.3 Å². The molecule has 8 nitrogen and oxygen atoms in total. The van der Waals surface area contributed by atoms with Gasteiger partial charge in [0.2, 0.25) is 0 Å². The Hall–Kier alpha value is -3.49. The Morgan fingerprint density at radius 1 is 1.10 bits per heavy atom. The Kier molecular flexibility index (Phi) is 7.64. The number of hydrogen-bond donors (Lipinski definition) is 2. The molecule has 0 radical (unpaired) electrons. The van der Waals surface area contributed by atoms with E-state index in [4.69, 9.17) is 4.98 Å². The summed E-state index contributed by atoms with van der Waals surface area (Å²) in [6.07, 6.45) is -1.78. The maximum Gasteiger partial charge on any atom is 0.431 e. The highest BCUT2D eigenvalue weighted by Gasteiger charge is 2.48. The normalized spacial score (nSPS) is 25.9. The van der Waals surface area contributed by atoms with Gasteiger partial charge in [0, 0.05) is 54.5 Å². The molecule has 8 rings (SSSR count). The van der Waals surface area contributed by atoms with Crippen LogP contribution in [0.25, 0.3) is 27.4 Å². The van der Waals surface area contributed by atoms with E-state index in [9.17, 15) is 14.3 Å². The Morgan fingerprint density at radius 3 is 2.60 bits per heavy atom. The highest BCUT2D eigenvalue weighted by atomic mass is 32.2. The average molecular weight is 687 g/mol. The molecule has 2 aromatic heterocycles. The van der Waals surface area contributed by atoms with Crippen molar-refractivity contribution in [3.8, 4) is 11.4 Å². The molecule has 2 aromatic carbocycles. The third-order valence-electron chi connectivity index (χ3n) is 10.6. The number of rotatable bonds is 6. The summed E-state index contributed by atoms with van der Waals surface area (Å²) in [5, 5.41) is 14.8. The van der Waals surface area contributed by atoms with Crippen molar-refractivity contribution in [1.29, 1.82) is 0 Å². The first-order valence-electron chi connectivity index (χ1n) is 16.5. The van der Waals surface area contributed by atoms with Crippen LogP contribution < -0.4 is 15.8 Å². The number of phenolic OH excluding ortho intramolecular Hbond substituents is 1. The molecule has 0 unspecified atom stereocenters. The Balaban J connectivity index is 1.36. The molecular formula is C34H35F5N6O2S. The molecule has 4 fully saturated rings. The average Bonchev–Trinajstić information content (AvgIpc) is 3.69. The lowest BCUT2D eigenvalue weighted by molar-refractivity contribution is -0.142. The second-order valence-electron chi connectivity index (χ2n) is 13.6. The summed E-state index contributed by atoms with van der Waals surface area (Å²) in [5.74, 6) is -0.257. The smallest absolute Gasteiger partial charge is 0.431 e. The third-order valence-corrected chi connectivity index (χ3v) is 11.7. The Labute approximate surface area is 277 Å². The minimum Gasteiger partial charge on any atom is -0.508 e. The molecule has 2 N–H and O–H groups in total. The lowest BCUT2D eigenvalue weighted by Crippen LogP contribution is -2.51. The fraction of sp³-hybridized carbons (Fsp3) is 0.500. The van der Waals surface area contributed by atoms with Crippen molar-refractivity contribution >= 4 is 39.3 Å². The van der Waals surface area contributed by atoms with E-state index in [-0.39, 0.29) is 68.3 Å². The van der Waals surface area contributed by atoms with Crippen LogP contribution in [0.3, 0.4) is 0 Å². The molecule has 4 saturated heterocycles. The first-order valence-corrected chi connectivity index (χ1v) is 17.4. The molecule has 4 atom stereocenters. The van der Waals surface area contributed by atoms with Gasteiger partial charge in [0.1, 0.15) is 34.8 Å². The molecule has 2 bridgehead atoms. The first kappa shape index (κ1) is 31.8. The molecule has 0 aliphatic carbocycles. The number of benzene rings is 2. The standard InChI is InChI=1S/C34H35F5N6O2S/c1-2-23-25(36)7-4-18-10-22(46)11-26(28(18)23)45-27(34(37,38)39)12-24-29(31(45)47)41-32(42-30(24)43-15-20-5-6-21(16-43)40-20)48-17-33-8-3-9-44(33)14-19(35)13-33/h4,7,10-12,19-21,40,46H,2-3,5-6,8-9,13-17H2,1H3/t19-,20-,21+,33+/m1/s1. The fourth-order valence-corrected chi connectivity index (χ4v) is 9.67. The summed E-state index contributed by atoms with van der Waals surface area (Å²) < 4.78 is 75.3. The number of phenols is 1. The predicted octanol–water partition coefficient (Wildman–Crippen LogP) is 5.97. The highest BCUT2D eigenvalue weighted by Crippen LogP contribution is 2.44. The van der Waals surface area contributed by atoms with Gasteiger partial charge in [-0.25, -0.2) is 18.7 Å². The van der Waals surface area contributed by atoms with Crippen LogP contribution in [-0.2, 0) is 12.6 Å². The van der Waals surface area contributed by atoms with E-state index >= 15 is 17.6 Å². The summed E-state index contributed by atoms with van der Waals surface area (Å²) >= 11 is 1.30. The number of pyridine rings is 1. The summed E-state index contributed by atoms with van der Waals surface area (Å²) in [6.45, 7) is 3.87. The second-order valence-corrected chi connectivity index (χ2v) is 14.6. The van der Waals surface area contributed by atoms with Gasteiger partial charge in [-0.1, -0.05) is 24.8 Å². The van der Waals surface area contributed by atoms with Crippen LogP contribution in [0.1, 0.15) is 50.3 Å². The molecule has 48 heavy (non-hydrogen) atoms. The molecule has 4 aliphatic heterocycles. The van der Waals surface area contributed by atoms with Gasteiger partial charge in [0.15, 0.2) is 5.16 Å². The van der Waals surface area contributed by atoms with Gasteiger partial charge in [0.25, 0.3) is 5.56 Å². The molecule has 254 valence electrons. The zero-order valence-electron chi connectivity index (χ0n) is 26.3. The second kappa shape index (κ2) is 11.5. The van der Waals surface area contributed by atoms with Gasteiger partial charge >= 0.3 is 6.18 Å². The quantitative estimate of drug-likeness (QED) is 0.146. The first-order chi connectivity index (χ1) is 22.9. The van der Waals surface area contributed by atoms with Crippen molar-refractivity contribution in [2.45, 2.75) is 80.6 Å². The number of thioether (sulfide) groups is 1. The Morgan fingerprint density at radius 2 is 1.88 bits per heavy atom. The maximum absolute atomic E-state index is 15.1. The van der Waals surface area contributed by atoms with Gasteiger partial charge in [0.05, 0.1) is 11.1 Å². The lowest BCUT2D eigenvalue weighted by Gasteiger charge is -2.35. The van der Waals surface area contributed by atoms with E-state index in [1.165, 1.54) is 30.0 Å². The number of alkyl halides is 4. The molecule has 4 aromatic rings. The maximum atomic E-state index is 15.1. The Bertz CT molecular complexity index is 1990. The summed E-state index contributed by atoms with van der Waals surface area (Å²) in [7, 11) is 0. The van der Waals surface area contributed by atoms with Gasteiger partial charge < -0.3 is 15.3 Å². The molecule has 0 spiro atoms. The number of fused-ring (bicyclic) bond motifs is 5. The largest absolute Gasteiger partial charge is 0.508 e. The van der Waals surface area contributed by atoms with E-state index in [0.29, 0.717) is 41.8 Å². The van der Waals surface area contributed by atoms with Gasteiger partial charge in [-0.2, -0.15) is 13.2 Å². The van der Waals surface area contributed by atoms with Gasteiger partial charge in [-0.3, -0.25) is 14.3 Å². The minimum absolute atomic E-state index is 0.0223. The SMILES string of the molecule is CCc1c(F)ccc2cc(O)cc(-n3c(C(F)(F)F)cc4c(N5C[C@H]6CC[C@@H](C5)N6)nc(SC[C@@]56CCCN5C[C@H](F)C6)nc4c3=O)c12. The van der Waals surface area contributed by atoms with E-state index in [2.05, 4.69) is 15.2 Å². The van der Waals surface area contributed by atoms with E-state index < -0.39 is 29.4 Å². The predicted molar refractivity (Wildman–Crippen MR) is 175 cm³/mol. The van der Waals surface area contributed by atoms with Gasteiger partial charge in [-0.15, -0.1) is 0 Å². The van der Waals surface area contributed by atoms with Crippen molar-refractivity contribution in [3.63, 3.8) is 0 Å². The number of hydrogen-bond acceptors (Lipinski definition) is 8. The van der Waals surface area contributed by atoms with Gasteiger partial charge in [-0.05, 0) is 74.2 Å². The van der Waals surface area contributed by atoms with E-state index in [1.54, 1.807) is 6.92 Å². The highest BCUT2D eigenvalue weighted by molar-refractivity contribution is 7.99. The number of aromatic hydroxyl groups is 1. The van der Waals surface area contributed by atoms with Crippen LogP contribution in [0.2, 0.25) is 0 Å². The summed E-state index contributed by atoms with van der Waals surface area (Å²) in [4.78, 5) is 28.1. The number of aryl methyl sites for hydroxylation is 1. The topological polar surface area (TPSA) is 86.5 Å². The molecule has 4 aliphatic rings. The number of halogens is 5. The lowest BCUT2D eigenvalue weighted by atomic mass is 9.96. The number of piperazine rings is 1. The molecule has 14 heteroatoms. The molecular weight excluding hydrogens is 651 g/mol. The molecule has 6 heterocycles. The van der Waals surface area contributed by atoms with Crippen LogP contribution in [0.4, 0.5) is 27.8 Å². The minimum atomic E-state index is -5.01. The number of anilines is 1. The van der Waals surface area contributed by atoms with E-state index in [0.717, 1.165) is 44.4 Å². The van der Waals surface area contributed by atoms with Crippen molar-refractivity contribution in [1.82, 2.24) is 24.8 Å². The summed E-state index contributed by atoms with van der Waals surface area (Å²) in [6, 6.07) is 6.16. The number of nitrogens with zero attached hydrogens (tertiary/aromatic N) is 5. The third kappa shape index (κ3) is 5.22. The van der Waals surface area contributed by atoms with Crippen LogP contribution >= 0.6 is 11.8 Å². The zero-order chi connectivity index (χ0) is 33.5. The summed E-state index contributed by atoms with van der Waals surface area (Å²) in [5.41, 5.74) is -3.05. The molecule has 0 saturated carbocycles. The van der Waals surface area contributed by atoms with Crippen LogP contribution in [0.15, 0.2) is 40.3 Å². The number of nitrogens with one attached hydrogen (secondary N) is 1. The van der Waals surface area contributed by atoms with Crippen molar-refractivity contribution in [2.75, 3.05) is 36.8 Å².